The van der Waals surface area contributed by atoms with E-state index in [-0.39, 0.29) is 5.92 Å². The number of benzene rings is 2. The average molecular weight is 292 g/mol. The lowest BCUT2D eigenvalue weighted by Gasteiger charge is -2.18. The van der Waals surface area contributed by atoms with E-state index in [9.17, 15) is 5.11 Å². The molecule has 1 heterocycles. The molecule has 3 rings (SSSR count). The van der Waals surface area contributed by atoms with Gasteiger partial charge in [-0.05, 0) is 44.5 Å². The van der Waals surface area contributed by atoms with Crippen LogP contribution in [0.25, 0.3) is 0 Å². The molecule has 0 amide bonds. The molecule has 0 radical (unpaired) electrons. The molecule has 2 heteroatoms. The van der Waals surface area contributed by atoms with E-state index in [1.807, 2.05) is 38.1 Å². The molecule has 0 aliphatic heterocycles. The first-order valence-corrected chi connectivity index (χ1v) is 7.47. The number of phenolic OH excluding ortho intramolecular Hbond substituents is 1. The van der Waals surface area contributed by atoms with Gasteiger partial charge in [0.15, 0.2) is 0 Å². The van der Waals surface area contributed by atoms with Crippen LogP contribution in [0.5, 0.6) is 5.75 Å². The molecular formula is C20H20O2. The second-order valence-electron chi connectivity index (χ2n) is 5.85. The summed E-state index contributed by atoms with van der Waals surface area (Å²) in [4.78, 5) is 0. The van der Waals surface area contributed by atoms with Crippen molar-refractivity contribution >= 4 is 0 Å². The topological polar surface area (TPSA) is 33.4 Å². The lowest BCUT2D eigenvalue weighted by atomic mass is 9.87. The molecule has 22 heavy (non-hydrogen) atoms. The zero-order valence-electron chi connectivity index (χ0n) is 13.1. The van der Waals surface area contributed by atoms with Crippen molar-refractivity contribution in [1.29, 1.82) is 0 Å². The number of aromatic hydroxyl groups is 1. The quantitative estimate of drug-likeness (QED) is 0.729. The molecule has 0 unspecified atom stereocenters. The molecule has 112 valence electrons. The Balaban J connectivity index is 2.18. The van der Waals surface area contributed by atoms with Crippen molar-refractivity contribution in [3.05, 3.63) is 88.4 Å². The van der Waals surface area contributed by atoms with Crippen LogP contribution in [-0.4, -0.2) is 5.11 Å². The van der Waals surface area contributed by atoms with Crippen molar-refractivity contribution < 1.29 is 9.52 Å². The van der Waals surface area contributed by atoms with Crippen LogP contribution >= 0.6 is 0 Å². The molecule has 0 fully saturated rings. The number of furan rings is 1. The lowest BCUT2D eigenvalue weighted by Crippen LogP contribution is -2.03. The predicted octanol–water partition coefficient (Wildman–Crippen LogP) is 5.09. The van der Waals surface area contributed by atoms with Crippen LogP contribution in [-0.2, 0) is 0 Å². The molecule has 3 aromatic rings. The summed E-state index contributed by atoms with van der Waals surface area (Å²) in [7, 11) is 0. The standard InChI is InChI=1S/C20H20O2/c1-13-4-8-16(9-5-13)20(19-11-7-15(3)22-19)17-12-14(2)6-10-18(17)21/h4-12,20-21H,1-3H3/t20-/m1/s1. The molecule has 2 aromatic carbocycles. The Morgan fingerprint density at radius 2 is 1.50 bits per heavy atom. The van der Waals surface area contributed by atoms with Gasteiger partial charge in [-0.15, -0.1) is 0 Å². The number of rotatable bonds is 3. The van der Waals surface area contributed by atoms with Crippen LogP contribution < -0.4 is 0 Å². The summed E-state index contributed by atoms with van der Waals surface area (Å²) in [6.45, 7) is 6.04. The first kappa shape index (κ1) is 14.5. The molecule has 0 aliphatic carbocycles. The fourth-order valence-corrected chi connectivity index (χ4v) is 2.77. The Kier molecular flexibility index (Phi) is 3.76. The van der Waals surface area contributed by atoms with E-state index >= 15 is 0 Å². The normalized spacial score (nSPS) is 12.3. The minimum absolute atomic E-state index is 0.103. The minimum atomic E-state index is -0.103. The smallest absolute Gasteiger partial charge is 0.119 e. The summed E-state index contributed by atoms with van der Waals surface area (Å²) < 4.78 is 5.87. The van der Waals surface area contributed by atoms with E-state index in [1.54, 1.807) is 6.07 Å². The van der Waals surface area contributed by atoms with Gasteiger partial charge in [0.1, 0.15) is 17.3 Å². The Labute approximate surface area is 131 Å². The third-order valence-corrected chi connectivity index (χ3v) is 3.95. The van der Waals surface area contributed by atoms with Gasteiger partial charge >= 0.3 is 0 Å². The van der Waals surface area contributed by atoms with Crippen molar-refractivity contribution in [3.63, 3.8) is 0 Å². The van der Waals surface area contributed by atoms with Gasteiger partial charge in [-0.25, -0.2) is 0 Å². The Morgan fingerprint density at radius 3 is 2.14 bits per heavy atom. The van der Waals surface area contributed by atoms with Crippen molar-refractivity contribution in [1.82, 2.24) is 0 Å². The van der Waals surface area contributed by atoms with Crippen LogP contribution in [0.3, 0.4) is 0 Å². The van der Waals surface area contributed by atoms with Crippen LogP contribution in [0.1, 0.15) is 39.7 Å². The monoisotopic (exact) mass is 292 g/mol. The van der Waals surface area contributed by atoms with E-state index in [0.717, 1.165) is 28.2 Å². The Morgan fingerprint density at radius 1 is 0.818 bits per heavy atom. The molecule has 0 bridgehead atoms. The van der Waals surface area contributed by atoms with Crippen molar-refractivity contribution in [2.24, 2.45) is 0 Å². The summed E-state index contributed by atoms with van der Waals surface area (Å²) in [5, 5.41) is 10.3. The summed E-state index contributed by atoms with van der Waals surface area (Å²) in [6.07, 6.45) is 0. The summed E-state index contributed by atoms with van der Waals surface area (Å²) in [5.74, 6) is 1.92. The largest absolute Gasteiger partial charge is 0.508 e. The van der Waals surface area contributed by atoms with Crippen molar-refractivity contribution in [2.75, 3.05) is 0 Å². The molecule has 1 atom stereocenters. The van der Waals surface area contributed by atoms with Gasteiger partial charge in [0.25, 0.3) is 0 Å². The molecular weight excluding hydrogens is 272 g/mol. The van der Waals surface area contributed by atoms with Gasteiger partial charge in [-0.1, -0.05) is 47.5 Å². The van der Waals surface area contributed by atoms with Gasteiger partial charge in [0.2, 0.25) is 0 Å². The number of hydrogen-bond acceptors (Lipinski definition) is 2. The van der Waals surface area contributed by atoms with Gasteiger partial charge in [-0.2, -0.15) is 0 Å². The van der Waals surface area contributed by atoms with Gasteiger partial charge in [-0.3, -0.25) is 0 Å². The van der Waals surface area contributed by atoms with Crippen LogP contribution in [0.2, 0.25) is 0 Å². The first-order chi connectivity index (χ1) is 10.5. The minimum Gasteiger partial charge on any atom is -0.508 e. The van der Waals surface area contributed by atoms with Crippen molar-refractivity contribution in [3.8, 4) is 5.75 Å². The summed E-state index contributed by atoms with van der Waals surface area (Å²) in [6, 6.07) is 18.0. The molecule has 0 spiro atoms. The predicted molar refractivity (Wildman–Crippen MR) is 88.4 cm³/mol. The van der Waals surface area contributed by atoms with E-state index in [0.29, 0.717) is 5.75 Å². The zero-order chi connectivity index (χ0) is 15.7. The number of phenols is 1. The summed E-state index contributed by atoms with van der Waals surface area (Å²) in [5.41, 5.74) is 4.32. The highest BCUT2D eigenvalue weighted by molar-refractivity contribution is 5.48. The SMILES string of the molecule is Cc1ccc([C@@H](c2ccc(C)o2)c2cc(C)ccc2O)cc1. The van der Waals surface area contributed by atoms with E-state index < -0.39 is 0 Å². The third kappa shape index (κ3) is 2.77. The first-order valence-electron chi connectivity index (χ1n) is 7.47. The number of aryl methyl sites for hydroxylation is 3. The van der Waals surface area contributed by atoms with Crippen LogP contribution in [0, 0.1) is 20.8 Å². The van der Waals surface area contributed by atoms with Crippen LogP contribution in [0.4, 0.5) is 0 Å². The third-order valence-electron chi connectivity index (χ3n) is 3.95. The highest BCUT2D eigenvalue weighted by atomic mass is 16.3. The Bertz CT molecular complexity index is 782. The van der Waals surface area contributed by atoms with Crippen LogP contribution in [0.15, 0.2) is 59.0 Å². The van der Waals surface area contributed by atoms with Gasteiger partial charge in [0.05, 0.1) is 5.92 Å². The Hall–Kier alpha value is -2.48. The maximum atomic E-state index is 10.3. The average Bonchev–Trinajstić information content (AvgIpc) is 2.91. The van der Waals surface area contributed by atoms with Gasteiger partial charge in [0, 0.05) is 5.56 Å². The molecule has 1 N–H and O–H groups in total. The molecule has 1 aromatic heterocycles. The van der Waals surface area contributed by atoms with E-state index in [1.165, 1.54) is 5.56 Å². The highest BCUT2D eigenvalue weighted by Gasteiger charge is 2.23. The second kappa shape index (κ2) is 5.72. The maximum Gasteiger partial charge on any atom is 0.119 e. The zero-order valence-corrected chi connectivity index (χ0v) is 13.1. The van der Waals surface area contributed by atoms with E-state index in [2.05, 4.69) is 31.2 Å². The van der Waals surface area contributed by atoms with Crippen molar-refractivity contribution in [2.45, 2.75) is 26.7 Å². The highest BCUT2D eigenvalue weighted by Crippen LogP contribution is 2.38. The maximum absolute atomic E-state index is 10.3. The van der Waals surface area contributed by atoms with Gasteiger partial charge < -0.3 is 9.52 Å². The molecule has 0 saturated carbocycles. The van der Waals surface area contributed by atoms with E-state index in [4.69, 9.17) is 4.42 Å². The molecule has 2 nitrogen and oxygen atoms in total. The molecule has 0 saturated heterocycles. The fraction of sp³-hybridized carbons (Fsp3) is 0.200. The molecule has 0 aliphatic rings. The summed E-state index contributed by atoms with van der Waals surface area (Å²) >= 11 is 0. The second-order valence-corrected chi connectivity index (χ2v) is 5.85. The fourth-order valence-electron chi connectivity index (χ4n) is 2.77. The lowest BCUT2D eigenvalue weighted by molar-refractivity contribution is 0.450. The number of hydrogen-bond donors (Lipinski definition) is 1.